The molecule has 0 spiro atoms. The van der Waals surface area contributed by atoms with Gasteiger partial charge in [0.1, 0.15) is 11.0 Å². The molecule has 30 heavy (non-hydrogen) atoms. The summed E-state index contributed by atoms with van der Waals surface area (Å²) in [5.74, 6) is -0.197. The number of carbonyl (C=O) groups is 1. The maximum atomic E-state index is 12.9. The Labute approximate surface area is 183 Å². The lowest BCUT2D eigenvalue weighted by molar-refractivity contribution is -0.160. The molecule has 0 saturated carbocycles. The van der Waals surface area contributed by atoms with Crippen LogP contribution in [-0.4, -0.2) is 99.7 Å². The molecular formula is C20H30ClN3O5S. The number of hydrogen-bond donors (Lipinski definition) is 0. The number of amides is 1. The van der Waals surface area contributed by atoms with Crippen LogP contribution in [0.5, 0.6) is 0 Å². The molecule has 0 aromatic heterocycles. The number of likely N-dealkylation sites (tertiary alicyclic amines) is 1. The lowest BCUT2D eigenvalue weighted by Gasteiger charge is -2.42. The molecule has 168 valence electrons. The van der Waals surface area contributed by atoms with Crippen LogP contribution in [0, 0.1) is 0 Å². The molecule has 0 unspecified atom stereocenters. The van der Waals surface area contributed by atoms with E-state index in [2.05, 4.69) is 18.7 Å². The van der Waals surface area contributed by atoms with E-state index >= 15 is 0 Å². The van der Waals surface area contributed by atoms with Crippen molar-refractivity contribution >= 4 is 27.5 Å². The average Bonchev–Trinajstić information content (AvgIpc) is 2.72. The number of carbonyl (C=O) groups excluding carboxylic acids is 1. The zero-order valence-electron chi connectivity index (χ0n) is 17.5. The van der Waals surface area contributed by atoms with Crippen molar-refractivity contribution in [1.82, 2.24) is 14.1 Å². The molecule has 0 bridgehead atoms. The van der Waals surface area contributed by atoms with Gasteiger partial charge in [-0.25, -0.2) is 8.42 Å². The first-order valence-electron chi connectivity index (χ1n) is 10.4. The first-order valence-corrected chi connectivity index (χ1v) is 12.2. The number of morpholine rings is 1. The molecule has 2 fully saturated rings. The van der Waals surface area contributed by atoms with Crippen molar-refractivity contribution in [3.05, 3.63) is 29.3 Å². The fourth-order valence-electron chi connectivity index (χ4n) is 3.60. The summed E-state index contributed by atoms with van der Waals surface area (Å²) in [7, 11) is -3.79. The Kier molecular flexibility index (Phi) is 8.11. The predicted molar refractivity (Wildman–Crippen MR) is 114 cm³/mol. The lowest BCUT2D eigenvalue weighted by atomic mass is 10.1. The number of ether oxygens (including phenoxy) is 2. The highest BCUT2D eigenvalue weighted by atomic mass is 35.5. The standard InChI is InChI=1S/C20H30ClN3O5S/c1-3-22(4-2)9-11-28-16-13-23(14-16)20(25)18-15-24(10-12-29-18)30(26,27)19-8-6-5-7-17(19)21/h5-8,16,18H,3-4,9-15H2,1-2H3/t18-/m0/s1. The largest absolute Gasteiger partial charge is 0.373 e. The average molecular weight is 460 g/mol. The van der Waals surface area contributed by atoms with Crippen molar-refractivity contribution in [1.29, 1.82) is 0 Å². The van der Waals surface area contributed by atoms with Crippen LogP contribution in [0.3, 0.4) is 0 Å². The van der Waals surface area contributed by atoms with Gasteiger partial charge in [-0.05, 0) is 25.2 Å². The van der Waals surface area contributed by atoms with Crippen molar-refractivity contribution in [3.63, 3.8) is 0 Å². The summed E-state index contributed by atoms with van der Waals surface area (Å²) < 4.78 is 38.6. The summed E-state index contributed by atoms with van der Waals surface area (Å²) in [5.41, 5.74) is 0. The zero-order chi connectivity index (χ0) is 21.7. The van der Waals surface area contributed by atoms with E-state index in [1.54, 1.807) is 17.0 Å². The second-order valence-corrected chi connectivity index (χ2v) is 9.73. The molecule has 0 radical (unpaired) electrons. The van der Waals surface area contributed by atoms with Gasteiger partial charge in [0.25, 0.3) is 5.91 Å². The van der Waals surface area contributed by atoms with Crippen molar-refractivity contribution in [3.8, 4) is 0 Å². The molecule has 2 heterocycles. The van der Waals surface area contributed by atoms with Gasteiger partial charge in [-0.1, -0.05) is 37.6 Å². The molecular weight excluding hydrogens is 430 g/mol. The van der Waals surface area contributed by atoms with Crippen molar-refractivity contribution in [2.45, 2.75) is 31.0 Å². The van der Waals surface area contributed by atoms with Crippen LogP contribution in [0.4, 0.5) is 0 Å². The number of sulfonamides is 1. The van der Waals surface area contributed by atoms with Crippen LogP contribution >= 0.6 is 11.6 Å². The number of benzene rings is 1. The van der Waals surface area contributed by atoms with Crippen LogP contribution in [-0.2, 0) is 24.3 Å². The third-order valence-corrected chi connectivity index (χ3v) is 7.94. The summed E-state index contributed by atoms with van der Waals surface area (Å²) in [6.07, 6.45) is -0.788. The topological polar surface area (TPSA) is 79.4 Å². The molecule has 2 aliphatic heterocycles. The van der Waals surface area contributed by atoms with E-state index in [1.807, 2.05) is 0 Å². The van der Waals surface area contributed by atoms with Gasteiger partial charge in [-0.15, -0.1) is 0 Å². The minimum Gasteiger partial charge on any atom is -0.373 e. The Morgan fingerprint density at radius 1 is 1.23 bits per heavy atom. The van der Waals surface area contributed by atoms with Crippen LogP contribution in [0.25, 0.3) is 0 Å². The molecule has 1 aromatic rings. The minimum absolute atomic E-state index is 0.0175. The third kappa shape index (κ3) is 5.33. The van der Waals surface area contributed by atoms with Gasteiger partial charge in [0.2, 0.25) is 10.0 Å². The Morgan fingerprint density at radius 2 is 1.93 bits per heavy atom. The highest BCUT2D eigenvalue weighted by molar-refractivity contribution is 7.89. The van der Waals surface area contributed by atoms with Crippen molar-refractivity contribution in [2.24, 2.45) is 0 Å². The Morgan fingerprint density at radius 3 is 2.60 bits per heavy atom. The molecule has 2 saturated heterocycles. The van der Waals surface area contributed by atoms with E-state index in [1.165, 1.54) is 16.4 Å². The fraction of sp³-hybridized carbons (Fsp3) is 0.650. The molecule has 8 nitrogen and oxygen atoms in total. The highest BCUT2D eigenvalue weighted by Crippen LogP contribution is 2.26. The minimum atomic E-state index is -3.79. The number of rotatable bonds is 9. The van der Waals surface area contributed by atoms with Crippen LogP contribution in [0.1, 0.15) is 13.8 Å². The van der Waals surface area contributed by atoms with Gasteiger partial charge in [-0.3, -0.25) is 4.79 Å². The van der Waals surface area contributed by atoms with E-state index in [0.29, 0.717) is 19.7 Å². The molecule has 0 N–H and O–H groups in total. The monoisotopic (exact) mass is 459 g/mol. The molecule has 1 atom stereocenters. The lowest BCUT2D eigenvalue weighted by Crippen LogP contribution is -2.60. The Hall–Kier alpha value is -1.23. The Bertz CT molecular complexity index is 827. The van der Waals surface area contributed by atoms with Gasteiger partial charge in [-0.2, -0.15) is 4.31 Å². The summed E-state index contributed by atoms with van der Waals surface area (Å²) in [5, 5.41) is 0.166. The van der Waals surface area contributed by atoms with Crippen molar-refractivity contribution in [2.75, 3.05) is 59.0 Å². The first kappa shape index (κ1) is 23.4. The smallest absolute Gasteiger partial charge is 0.253 e. The van der Waals surface area contributed by atoms with E-state index in [9.17, 15) is 13.2 Å². The number of likely N-dealkylation sites (N-methyl/N-ethyl adjacent to an activating group) is 1. The normalized spacial score (nSPS) is 21.1. The molecule has 10 heteroatoms. The fourth-order valence-corrected chi connectivity index (χ4v) is 5.52. The first-order chi connectivity index (χ1) is 14.4. The highest BCUT2D eigenvalue weighted by Gasteiger charge is 2.40. The zero-order valence-corrected chi connectivity index (χ0v) is 19.1. The summed E-state index contributed by atoms with van der Waals surface area (Å²) >= 11 is 6.08. The summed E-state index contributed by atoms with van der Waals surface area (Å²) in [4.78, 5) is 16.8. The van der Waals surface area contributed by atoms with Gasteiger partial charge >= 0.3 is 0 Å². The quantitative estimate of drug-likeness (QED) is 0.553. The van der Waals surface area contributed by atoms with E-state index in [0.717, 1.165) is 19.6 Å². The van der Waals surface area contributed by atoms with E-state index in [4.69, 9.17) is 21.1 Å². The summed E-state index contributed by atoms with van der Waals surface area (Å²) in [6.45, 7) is 9.07. The third-order valence-electron chi connectivity index (χ3n) is 5.57. The SMILES string of the molecule is CCN(CC)CCOC1CN(C(=O)[C@@H]2CN(S(=O)(=O)c3ccccc3Cl)CCO2)C1. The Balaban J connectivity index is 1.50. The maximum absolute atomic E-state index is 12.9. The van der Waals surface area contributed by atoms with Crippen LogP contribution < -0.4 is 0 Å². The van der Waals surface area contributed by atoms with Gasteiger partial charge in [0.05, 0.1) is 24.3 Å². The van der Waals surface area contributed by atoms with Crippen molar-refractivity contribution < 1.29 is 22.7 Å². The maximum Gasteiger partial charge on any atom is 0.253 e. The second-order valence-electron chi connectivity index (χ2n) is 7.42. The van der Waals surface area contributed by atoms with E-state index in [-0.39, 0.29) is 41.6 Å². The second kappa shape index (κ2) is 10.4. The van der Waals surface area contributed by atoms with Gasteiger partial charge in [0.15, 0.2) is 0 Å². The molecule has 2 aliphatic rings. The van der Waals surface area contributed by atoms with Crippen LogP contribution in [0.15, 0.2) is 29.2 Å². The molecule has 0 aliphatic carbocycles. The summed E-state index contributed by atoms with van der Waals surface area (Å²) in [6, 6.07) is 6.32. The molecule has 1 amide bonds. The van der Waals surface area contributed by atoms with E-state index < -0.39 is 16.1 Å². The van der Waals surface area contributed by atoms with Gasteiger partial charge < -0.3 is 19.3 Å². The number of nitrogens with zero attached hydrogens (tertiary/aromatic N) is 3. The predicted octanol–water partition coefficient (Wildman–Crippen LogP) is 1.30. The molecule has 3 rings (SSSR count). The van der Waals surface area contributed by atoms with Gasteiger partial charge in [0, 0.05) is 32.7 Å². The van der Waals surface area contributed by atoms with Crippen LogP contribution in [0.2, 0.25) is 5.02 Å². The number of hydrogen-bond acceptors (Lipinski definition) is 6. The number of halogens is 1. The molecule has 1 aromatic carbocycles.